The predicted molar refractivity (Wildman–Crippen MR) is 59.6 cm³/mol. The van der Waals surface area contributed by atoms with Gasteiger partial charge >= 0.3 is 0 Å². The Morgan fingerprint density at radius 2 is 1.86 bits per heavy atom. The van der Waals surface area contributed by atoms with Gasteiger partial charge in [0.05, 0.1) is 5.75 Å². The third-order valence-corrected chi connectivity index (χ3v) is 3.87. The van der Waals surface area contributed by atoms with Gasteiger partial charge in [-0.2, -0.15) is 0 Å². The normalized spacial score (nSPS) is 13.1. The second-order valence-corrected chi connectivity index (χ2v) is 6.00. The van der Waals surface area contributed by atoms with Gasteiger partial charge in [-0.15, -0.1) is 0 Å². The highest BCUT2D eigenvalue weighted by Crippen LogP contribution is 2.09. The fourth-order valence-corrected chi connectivity index (χ4v) is 2.65. The number of unbranched alkanes of at least 4 members (excludes halogenated alkanes) is 1. The molecule has 86 valence electrons. The summed E-state index contributed by atoms with van der Waals surface area (Å²) in [6.45, 7) is 6.27. The minimum absolute atomic E-state index is 0.174. The summed E-state index contributed by atoms with van der Waals surface area (Å²) in [5.41, 5.74) is 4.95. The monoisotopic (exact) mass is 222 g/mol. The number of nitrogens with two attached hydrogens (primary N) is 1. The Kier molecular flexibility index (Phi) is 5.63. The van der Waals surface area contributed by atoms with Crippen molar-refractivity contribution in [2.24, 2.45) is 5.73 Å². The van der Waals surface area contributed by atoms with Crippen LogP contribution in [-0.2, 0) is 10.0 Å². The van der Waals surface area contributed by atoms with Crippen molar-refractivity contribution >= 4 is 10.0 Å². The van der Waals surface area contributed by atoms with E-state index in [1.54, 1.807) is 0 Å². The minimum atomic E-state index is -3.13. The van der Waals surface area contributed by atoms with Gasteiger partial charge in [0.2, 0.25) is 10.0 Å². The maximum Gasteiger partial charge on any atom is 0.212 e. The summed E-state index contributed by atoms with van der Waals surface area (Å²) < 4.78 is 25.7. The van der Waals surface area contributed by atoms with Crippen molar-refractivity contribution in [2.45, 2.75) is 45.6 Å². The highest BCUT2D eigenvalue weighted by molar-refractivity contribution is 7.89. The lowest BCUT2D eigenvalue weighted by Gasteiger charge is -2.24. The van der Waals surface area contributed by atoms with Crippen molar-refractivity contribution in [2.75, 3.05) is 12.3 Å². The molecule has 0 aliphatic heterocycles. The van der Waals surface area contributed by atoms with Crippen LogP contribution in [0.5, 0.6) is 0 Å². The summed E-state index contributed by atoms with van der Waals surface area (Å²) in [6, 6.07) is 0. The average Bonchev–Trinajstić information content (AvgIpc) is 2.03. The lowest BCUT2D eigenvalue weighted by Crippen LogP contribution is -2.43. The molecule has 0 aromatic rings. The lowest BCUT2D eigenvalue weighted by molar-refractivity contribution is 0.439. The van der Waals surface area contributed by atoms with Crippen molar-refractivity contribution in [3.63, 3.8) is 0 Å². The number of nitrogens with one attached hydrogen (secondary N) is 1. The van der Waals surface area contributed by atoms with Gasteiger partial charge in [-0.25, -0.2) is 13.1 Å². The lowest BCUT2D eigenvalue weighted by atomic mass is 10.0. The smallest absolute Gasteiger partial charge is 0.212 e. The first kappa shape index (κ1) is 13.9. The second kappa shape index (κ2) is 5.68. The Balaban J connectivity index is 4.08. The molecule has 5 heteroatoms. The van der Waals surface area contributed by atoms with Crippen LogP contribution in [0.3, 0.4) is 0 Å². The first-order valence-corrected chi connectivity index (χ1v) is 6.70. The Bertz CT molecular complexity index is 248. The molecule has 0 atom stereocenters. The van der Waals surface area contributed by atoms with Crippen LogP contribution >= 0.6 is 0 Å². The molecule has 3 N–H and O–H groups in total. The number of hydrogen-bond acceptors (Lipinski definition) is 3. The highest BCUT2D eigenvalue weighted by Gasteiger charge is 2.22. The first-order chi connectivity index (χ1) is 6.33. The second-order valence-electron chi connectivity index (χ2n) is 4.15. The van der Waals surface area contributed by atoms with Gasteiger partial charge < -0.3 is 5.73 Å². The fourth-order valence-electron chi connectivity index (χ4n) is 0.981. The zero-order valence-electron chi connectivity index (χ0n) is 9.34. The van der Waals surface area contributed by atoms with Crippen molar-refractivity contribution in [1.29, 1.82) is 0 Å². The van der Waals surface area contributed by atoms with Crippen molar-refractivity contribution in [3.05, 3.63) is 0 Å². The van der Waals surface area contributed by atoms with E-state index in [1.807, 2.05) is 20.8 Å². The van der Waals surface area contributed by atoms with Crippen LogP contribution in [0.4, 0.5) is 0 Å². The van der Waals surface area contributed by atoms with Crippen LogP contribution in [-0.4, -0.2) is 26.3 Å². The molecule has 0 aromatic heterocycles. The zero-order valence-corrected chi connectivity index (χ0v) is 10.2. The minimum Gasteiger partial charge on any atom is -0.330 e. The molecular formula is C9H22N2O2S. The maximum atomic E-state index is 11.5. The van der Waals surface area contributed by atoms with Crippen LogP contribution in [0, 0.1) is 0 Å². The average molecular weight is 222 g/mol. The third kappa shape index (κ3) is 6.34. The molecule has 0 bridgehead atoms. The van der Waals surface area contributed by atoms with E-state index in [0.717, 1.165) is 12.8 Å². The third-order valence-electron chi connectivity index (χ3n) is 2.18. The molecule has 0 aliphatic carbocycles. The van der Waals surface area contributed by atoms with Gasteiger partial charge in [0.1, 0.15) is 0 Å². The fraction of sp³-hybridized carbons (Fsp3) is 1.00. The molecule has 14 heavy (non-hydrogen) atoms. The standard InChI is InChI=1S/C9H22N2O2S/c1-4-9(2,3)11-14(12,13)8-6-5-7-10/h11H,4-8,10H2,1-3H3. The summed E-state index contributed by atoms with van der Waals surface area (Å²) in [5.74, 6) is 0.174. The van der Waals surface area contributed by atoms with E-state index >= 15 is 0 Å². The molecule has 0 heterocycles. The topological polar surface area (TPSA) is 72.2 Å². The van der Waals surface area contributed by atoms with Gasteiger partial charge in [-0.05, 0) is 39.7 Å². The molecule has 0 fully saturated rings. The molecule has 0 radical (unpaired) electrons. The molecule has 0 saturated heterocycles. The van der Waals surface area contributed by atoms with Crippen molar-refractivity contribution < 1.29 is 8.42 Å². The number of sulfonamides is 1. The SMILES string of the molecule is CCC(C)(C)NS(=O)(=O)CCCCN. The Morgan fingerprint density at radius 1 is 1.29 bits per heavy atom. The molecule has 0 aromatic carbocycles. The summed E-state index contributed by atoms with van der Waals surface area (Å²) in [5, 5.41) is 0. The van der Waals surface area contributed by atoms with E-state index in [4.69, 9.17) is 5.73 Å². The molecule has 4 nitrogen and oxygen atoms in total. The molecule has 0 unspecified atom stereocenters. The predicted octanol–water partition coefficient (Wildman–Crippen LogP) is 0.833. The van der Waals surface area contributed by atoms with Crippen LogP contribution in [0.1, 0.15) is 40.0 Å². The van der Waals surface area contributed by atoms with Crippen molar-refractivity contribution in [1.82, 2.24) is 4.72 Å². The number of rotatable bonds is 7. The van der Waals surface area contributed by atoms with Gasteiger partial charge in [0, 0.05) is 5.54 Å². The zero-order chi connectivity index (χ0) is 11.2. The van der Waals surface area contributed by atoms with Crippen LogP contribution in [0.15, 0.2) is 0 Å². The van der Waals surface area contributed by atoms with E-state index < -0.39 is 10.0 Å². The highest BCUT2D eigenvalue weighted by atomic mass is 32.2. The van der Waals surface area contributed by atoms with Crippen LogP contribution in [0.25, 0.3) is 0 Å². The largest absolute Gasteiger partial charge is 0.330 e. The first-order valence-electron chi connectivity index (χ1n) is 5.05. The van der Waals surface area contributed by atoms with Crippen LogP contribution < -0.4 is 10.5 Å². The molecule has 0 saturated carbocycles. The maximum absolute atomic E-state index is 11.5. The quantitative estimate of drug-likeness (QED) is 0.627. The summed E-state index contributed by atoms with van der Waals surface area (Å²) >= 11 is 0. The number of hydrogen-bond donors (Lipinski definition) is 2. The van der Waals surface area contributed by atoms with Crippen LogP contribution in [0.2, 0.25) is 0 Å². The van der Waals surface area contributed by atoms with E-state index in [9.17, 15) is 8.42 Å². The van der Waals surface area contributed by atoms with E-state index in [1.165, 1.54) is 0 Å². The molecule has 0 spiro atoms. The Hall–Kier alpha value is -0.130. The van der Waals surface area contributed by atoms with E-state index in [2.05, 4.69) is 4.72 Å². The van der Waals surface area contributed by atoms with E-state index in [-0.39, 0.29) is 11.3 Å². The van der Waals surface area contributed by atoms with Gasteiger partial charge in [0.25, 0.3) is 0 Å². The molecule has 0 rings (SSSR count). The molecular weight excluding hydrogens is 200 g/mol. The summed E-state index contributed by atoms with van der Waals surface area (Å²) in [7, 11) is -3.13. The summed E-state index contributed by atoms with van der Waals surface area (Å²) in [6.07, 6.45) is 2.17. The van der Waals surface area contributed by atoms with Crippen molar-refractivity contribution in [3.8, 4) is 0 Å². The molecule has 0 aliphatic rings. The Labute approximate surface area is 87.3 Å². The van der Waals surface area contributed by atoms with E-state index in [0.29, 0.717) is 13.0 Å². The molecule has 0 amide bonds. The van der Waals surface area contributed by atoms with Gasteiger partial charge in [-0.3, -0.25) is 0 Å². The summed E-state index contributed by atoms with van der Waals surface area (Å²) in [4.78, 5) is 0. The van der Waals surface area contributed by atoms with Gasteiger partial charge in [0.15, 0.2) is 0 Å². The van der Waals surface area contributed by atoms with Gasteiger partial charge in [-0.1, -0.05) is 6.92 Å². The Morgan fingerprint density at radius 3 is 2.29 bits per heavy atom.